The van der Waals surface area contributed by atoms with E-state index in [-0.39, 0.29) is 24.0 Å². The Morgan fingerprint density at radius 1 is 1.43 bits per heavy atom. The van der Waals surface area contributed by atoms with Crippen LogP contribution in [0.4, 0.5) is 0 Å². The molecule has 0 aromatic carbocycles. The van der Waals surface area contributed by atoms with E-state index in [1.807, 2.05) is 12.1 Å². The number of rotatable bonds is 9. The van der Waals surface area contributed by atoms with Crippen LogP contribution in [0.15, 0.2) is 27.8 Å². The first kappa shape index (κ1) is 18.3. The molecule has 0 spiro atoms. The van der Waals surface area contributed by atoms with Crippen LogP contribution in [0, 0.1) is 5.92 Å². The van der Waals surface area contributed by atoms with Crippen LogP contribution in [0.1, 0.15) is 25.5 Å². The quantitative estimate of drug-likeness (QED) is 0.286. The van der Waals surface area contributed by atoms with E-state index in [2.05, 4.69) is 22.5 Å². The summed E-state index contributed by atoms with van der Waals surface area (Å²) in [5.41, 5.74) is 0. The van der Waals surface area contributed by atoms with E-state index in [0.717, 1.165) is 43.8 Å². The van der Waals surface area contributed by atoms with Crippen molar-refractivity contribution >= 4 is 29.9 Å². The van der Waals surface area contributed by atoms with Gasteiger partial charge in [0.15, 0.2) is 5.96 Å². The molecule has 2 rings (SSSR count). The number of hydrogen-bond donors (Lipinski definition) is 2. The minimum atomic E-state index is 0. The lowest BCUT2D eigenvalue weighted by Gasteiger charge is -2.10. The van der Waals surface area contributed by atoms with Crippen LogP contribution in [0.25, 0.3) is 0 Å². The van der Waals surface area contributed by atoms with Crippen LogP contribution >= 0.6 is 24.0 Å². The van der Waals surface area contributed by atoms with E-state index in [0.29, 0.717) is 13.2 Å². The molecule has 21 heavy (non-hydrogen) atoms. The zero-order chi connectivity index (χ0) is 14.0. The van der Waals surface area contributed by atoms with Gasteiger partial charge in [-0.1, -0.05) is 0 Å². The third-order valence-electron chi connectivity index (χ3n) is 3.14. The number of guanidine groups is 1. The monoisotopic (exact) mass is 407 g/mol. The van der Waals surface area contributed by atoms with Crippen LogP contribution in [-0.2, 0) is 11.2 Å². The molecule has 0 aliphatic heterocycles. The van der Waals surface area contributed by atoms with Crippen LogP contribution in [-0.4, -0.2) is 38.8 Å². The first-order valence-electron chi connectivity index (χ1n) is 7.50. The van der Waals surface area contributed by atoms with Gasteiger partial charge in [-0.3, -0.25) is 4.99 Å². The van der Waals surface area contributed by atoms with Crippen molar-refractivity contribution in [1.29, 1.82) is 0 Å². The molecule has 1 aromatic rings. The summed E-state index contributed by atoms with van der Waals surface area (Å²) < 4.78 is 10.9. The lowest BCUT2D eigenvalue weighted by atomic mass is 10.3. The smallest absolute Gasteiger partial charge is 0.191 e. The highest BCUT2D eigenvalue weighted by molar-refractivity contribution is 14.0. The van der Waals surface area contributed by atoms with Gasteiger partial charge in [-0.15, -0.1) is 24.0 Å². The SMILES string of the molecule is CCNC(=NCCOCC1CC1)NCCc1ccco1.I. The summed E-state index contributed by atoms with van der Waals surface area (Å²) in [6, 6.07) is 3.89. The average Bonchev–Trinajstić information content (AvgIpc) is 3.13. The lowest BCUT2D eigenvalue weighted by Crippen LogP contribution is -2.38. The molecular formula is C15H26IN3O2. The minimum absolute atomic E-state index is 0. The molecule has 120 valence electrons. The molecule has 0 radical (unpaired) electrons. The first-order valence-corrected chi connectivity index (χ1v) is 7.50. The fraction of sp³-hybridized carbons (Fsp3) is 0.667. The molecule has 1 fully saturated rings. The fourth-order valence-corrected chi connectivity index (χ4v) is 1.86. The largest absolute Gasteiger partial charge is 0.469 e. The van der Waals surface area contributed by atoms with Gasteiger partial charge in [0.2, 0.25) is 0 Å². The number of hydrogen-bond acceptors (Lipinski definition) is 3. The average molecular weight is 407 g/mol. The molecule has 0 bridgehead atoms. The predicted molar refractivity (Wildman–Crippen MR) is 95.4 cm³/mol. The van der Waals surface area contributed by atoms with Crippen molar-refractivity contribution in [2.75, 3.05) is 32.8 Å². The van der Waals surface area contributed by atoms with Gasteiger partial charge in [-0.05, 0) is 37.8 Å². The van der Waals surface area contributed by atoms with Crippen molar-refractivity contribution in [1.82, 2.24) is 10.6 Å². The molecule has 2 N–H and O–H groups in total. The maximum atomic E-state index is 5.57. The Labute approximate surface area is 143 Å². The number of nitrogens with one attached hydrogen (secondary N) is 2. The van der Waals surface area contributed by atoms with Gasteiger partial charge in [0.05, 0.1) is 19.4 Å². The molecule has 0 unspecified atom stereocenters. The van der Waals surface area contributed by atoms with Gasteiger partial charge < -0.3 is 19.8 Å². The number of nitrogens with zero attached hydrogens (tertiary/aromatic N) is 1. The van der Waals surface area contributed by atoms with Crippen molar-refractivity contribution in [3.05, 3.63) is 24.2 Å². The van der Waals surface area contributed by atoms with E-state index >= 15 is 0 Å². The molecule has 1 aliphatic carbocycles. The highest BCUT2D eigenvalue weighted by atomic mass is 127. The number of halogens is 1. The Bertz CT molecular complexity index is 392. The Morgan fingerprint density at radius 3 is 2.95 bits per heavy atom. The van der Waals surface area contributed by atoms with Crippen molar-refractivity contribution in [2.45, 2.75) is 26.2 Å². The van der Waals surface area contributed by atoms with Gasteiger partial charge in [-0.2, -0.15) is 0 Å². The van der Waals surface area contributed by atoms with Crippen molar-refractivity contribution < 1.29 is 9.15 Å². The van der Waals surface area contributed by atoms with Crippen molar-refractivity contribution in [3.63, 3.8) is 0 Å². The third-order valence-corrected chi connectivity index (χ3v) is 3.14. The first-order chi connectivity index (χ1) is 9.88. The van der Waals surface area contributed by atoms with Crippen LogP contribution in [0.5, 0.6) is 0 Å². The fourth-order valence-electron chi connectivity index (χ4n) is 1.86. The summed E-state index contributed by atoms with van der Waals surface area (Å²) in [4.78, 5) is 4.49. The number of aliphatic imine (C=N–C) groups is 1. The summed E-state index contributed by atoms with van der Waals surface area (Å²) in [7, 11) is 0. The lowest BCUT2D eigenvalue weighted by molar-refractivity contribution is 0.131. The molecule has 0 atom stereocenters. The van der Waals surface area contributed by atoms with Gasteiger partial charge in [-0.25, -0.2) is 0 Å². The molecule has 5 nitrogen and oxygen atoms in total. The van der Waals surface area contributed by atoms with E-state index in [1.54, 1.807) is 6.26 Å². The molecule has 0 saturated heterocycles. The van der Waals surface area contributed by atoms with Gasteiger partial charge in [0.25, 0.3) is 0 Å². The summed E-state index contributed by atoms with van der Waals surface area (Å²) in [6.45, 7) is 6.02. The Hall–Kier alpha value is -0.760. The second-order valence-corrected chi connectivity index (χ2v) is 5.04. The number of ether oxygens (including phenoxy) is 1. The van der Waals surface area contributed by atoms with E-state index in [4.69, 9.17) is 9.15 Å². The second kappa shape index (κ2) is 10.9. The summed E-state index contributed by atoms with van der Waals surface area (Å²) >= 11 is 0. The highest BCUT2D eigenvalue weighted by Crippen LogP contribution is 2.28. The molecule has 1 saturated carbocycles. The van der Waals surface area contributed by atoms with Crippen LogP contribution in [0.2, 0.25) is 0 Å². The normalized spacial score (nSPS) is 14.6. The Kier molecular flexibility index (Phi) is 9.49. The molecule has 0 amide bonds. The van der Waals surface area contributed by atoms with Gasteiger partial charge >= 0.3 is 0 Å². The maximum Gasteiger partial charge on any atom is 0.191 e. The zero-order valence-corrected chi connectivity index (χ0v) is 15.0. The summed E-state index contributed by atoms with van der Waals surface area (Å²) in [5, 5.41) is 6.52. The maximum absolute atomic E-state index is 5.57. The zero-order valence-electron chi connectivity index (χ0n) is 12.6. The topological polar surface area (TPSA) is 58.8 Å². The Morgan fingerprint density at radius 2 is 2.29 bits per heavy atom. The van der Waals surface area contributed by atoms with Crippen molar-refractivity contribution in [2.24, 2.45) is 10.9 Å². The molecule has 6 heteroatoms. The standard InChI is InChI=1S/C15H25N3O2.HI/c1-2-16-15(17-8-7-14-4-3-10-20-14)18-9-11-19-12-13-5-6-13;/h3-4,10,13H,2,5-9,11-12H2,1H3,(H2,16,17,18);1H. The number of furan rings is 1. The van der Waals surface area contributed by atoms with E-state index in [9.17, 15) is 0 Å². The third kappa shape index (κ3) is 8.31. The predicted octanol–water partition coefficient (Wildman–Crippen LogP) is 2.42. The van der Waals surface area contributed by atoms with Gasteiger partial charge in [0, 0.05) is 26.1 Å². The van der Waals surface area contributed by atoms with E-state index in [1.165, 1.54) is 12.8 Å². The highest BCUT2D eigenvalue weighted by Gasteiger charge is 2.20. The van der Waals surface area contributed by atoms with Crippen LogP contribution in [0.3, 0.4) is 0 Å². The van der Waals surface area contributed by atoms with Crippen LogP contribution < -0.4 is 10.6 Å². The summed E-state index contributed by atoms with van der Waals surface area (Å²) in [6.07, 6.45) is 5.22. The molecule has 1 aromatic heterocycles. The molecular weight excluding hydrogens is 381 g/mol. The minimum Gasteiger partial charge on any atom is -0.469 e. The molecule has 1 aliphatic rings. The second-order valence-electron chi connectivity index (χ2n) is 5.04. The Balaban J connectivity index is 0.00000220. The van der Waals surface area contributed by atoms with Crippen molar-refractivity contribution in [3.8, 4) is 0 Å². The molecule has 1 heterocycles. The van der Waals surface area contributed by atoms with Gasteiger partial charge in [0.1, 0.15) is 5.76 Å². The van der Waals surface area contributed by atoms with E-state index < -0.39 is 0 Å². The summed E-state index contributed by atoms with van der Waals surface area (Å²) in [5.74, 6) is 2.65.